The molecular formula is C23H34N2O3Si. The van der Waals surface area contributed by atoms with Gasteiger partial charge in [-0.2, -0.15) is 0 Å². The Morgan fingerprint density at radius 3 is 2.52 bits per heavy atom. The summed E-state index contributed by atoms with van der Waals surface area (Å²) in [5, 5.41) is 8.88. The third kappa shape index (κ3) is 3.60. The molecule has 0 saturated heterocycles. The molecule has 4 rings (SSSR count). The fraction of sp³-hybridized carbons (Fsp3) is 0.652. The van der Waals surface area contributed by atoms with Crippen molar-refractivity contribution in [2.45, 2.75) is 64.6 Å². The SMILES string of the molecule is CO/N=C1/C[C@@H]2[C@H](CC[C@]3(C)/C(=N\OC)CC[C@@H]23)c2ccc(O[Si](C)(C)C)cc21. The van der Waals surface area contributed by atoms with Gasteiger partial charge in [-0.1, -0.05) is 23.3 Å². The van der Waals surface area contributed by atoms with Crippen molar-refractivity contribution in [1.82, 2.24) is 0 Å². The lowest BCUT2D eigenvalue weighted by Gasteiger charge is -2.49. The number of benzene rings is 1. The van der Waals surface area contributed by atoms with Gasteiger partial charge < -0.3 is 14.1 Å². The van der Waals surface area contributed by atoms with E-state index in [0.717, 1.165) is 24.3 Å². The van der Waals surface area contributed by atoms with Crippen LogP contribution in [0.15, 0.2) is 28.5 Å². The molecule has 0 heterocycles. The zero-order chi connectivity index (χ0) is 20.8. The van der Waals surface area contributed by atoms with E-state index in [1.54, 1.807) is 14.2 Å². The average Bonchev–Trinajstić information content (AvgIpc) is 2.98. The fourth-order valence-corrected chi connectivity index (χ4v) is 6.90. The molecule has 0 bridgehead atoms. The van der Waals surface area contributed by atoms with E-state index in [0.29, 0.717) is 17.8 Å². The minimum Gasteiger partial charge on any atom is -0.544 e. The van der Waals surface area contributed by atoms with Crippen LogP contribution in [0.4, 0.5) is 0 Å². The van der Waals surface area contributed by atoms with Crippen LogP contribution in [0.2, 0.25) is 19.6 Å². The molecule has 3 aliphatic rings. The highest BCUT2D eigenvalue weighted by molar-refractivity contribution is 6.70. The molecule has 0 unspecified atom stereocenters. The Hall–Kier alpha value is -1.82. The zero-order valence-electron chi connectivity index (χ0n) is 18.6. The normalized spacial score (nSPS) is 33.8. The van der Waals surface area contributed by atoms with Crippen molar-refractivity contribution >= 4 is 19.7 Å². The summed E-state index contributed by atoms with van der Waals surface area (Å²) in [6.45, 7) is 9.04. The van der Waals surface area contributed by atoms with Crippen molar-refractivity contribution in [1.29, 1.82) is 0 Å². The van der Waals surface area contributed by atoms with Crippen molar-refractivity contribution in [3.63, 3.8) is 0 Å². The summed E-state index contributed by atoms with van der Waals surface area (Å²) in [5.74, 6) is 2.72. The maximum atomic E-state index is 6.27. The Morgan fingerprint density at radius 2 is 1.83 bits per heavy atom. The molecule has 2 saturated carbocycles. The summed E-state index contributed by atoms with van der Waals surface area (Å²) < 4.78 is 6.27. The number of hydrogen-bond acceptors (Lipinski definition) is 5. The predicted molar refractivity (Wildman–Crippen MR) is 119 cm³/mol. The van der Waals surface area contributed by atoms with Crippen LogP contribution in [-0.2, 0) is 9.68 Å². The van der Waals surface area contributed by atoms with Gasteiger partial charge in [-0.15, -0.1) is 0 Å². The molecule has 3 aliphatic carbocycles. The lowest BCUT2D eigenvalue weighted by molar-refractivity contribution is 0.105. The highest BCUT2D eigenvalue weighted by Gasteiger charge is 2.54. The summed E-state index contributed by atoms with van der Waals surface area (Å²) in [6, 6.07) is 6.64. The van der Waals surface area contributed by atoms with E-state index >= 15 is 0 Å². The summed E-state index contributed by atoms with van der Waals surface area (Å²) in [7, 11) is 1.65. The molecule has 0 radical (unpaired) electrons. The number of oxime groups is 2. The fourth-order valence-electron chi connectivity index (χ4n) is 6.06. The molecule has 0 amide bonds. The molecule has 4 atom stereocenters. The van der Waals surface area contributed by atoms with E-state index < -0.39 is 8.32 Å². The molecule has 5 nitrogen and oxygen atoms in total. The molecule has 0 N–H and O–H groups in total. The predicted octanol–water partition coefficient (Wildman–Crippen LogP) is 5.57. The molecule has 1 aromatic rings. The molecule has 6 heteroatoms. The third-order valence-corrected chi connectivity index (χ3v) is 8.02. The first kappa shape index (κ1) is 20.4. The van der Waals surface area contributed by atoms with E-state index in [1.807, 2.05) is 0 Å². The molecule has 0 aromatic heterocycles. The topological polar surface area (TPSA) is 52.4 Å². The number of hydrogen-bond donors (Lipinski definition) is 0. The lowest BCUT2D eigenvalue weighted by Crippen LogP contribution is -2.43. The number of nitrogens with zero attached hydrogens (tertiary/aromatic N) is 2. The average molecular weight is 415 g/mol. The maximum Gasteiger partial charge on any atom is 0.242 e. The minimum absolute atomic E-state index is 0.147. The van der Waals surface area contributed by atoms with Gasteiger partial charge in [0.1, 0.15) is 20.0 Å². The molecular weight excluding hydrogens is 380 g/mol. The van der Waals surface area contributed by atoms with Gasteiger partial charge in [0, 0.05) is 11.0 Å². The quantitative estimate of drug-likeness (QED) is 0.478. The second-order valence-electron chi connectivity index (χ2n) is 9.98. The van der Waals surface area contributed by atoms with Gasteiger partial charge in [0.25, 0.3) is 0 Å². The van der Waals surface area contributed by atoms with Crippen molar-refractivity contribution < 1.29 is 14.1 Å². The van der Waals surface area contributed by atoms with E-state index in [-0.39, 0.29) is 5.41 Å². The number of rotatable bonds is 4. The second-order valence-corrected chi connectivity index (χ2v) is 14.4. The maximum absolute atomic E-state index is 6.27. The van der Waals surface area contributed by atoms with Crippen LogP contribution < -0.4 is 4.43 Å². The third-order valence-electron chi connectivity index (χ3n) is 7.17. The van der Waals surface area contributed by atoms with Crippen LogP contribution in [0, 0.1) is 17.3 Å². The molecule has 1 aromatic carbocycles. The first-order valence-corrected chi connectivity index (χ1v) is 14.2. The number of fused-ring (bicyclic) bond motifs is 5. The van der Waals surface area contributed by atoms with Crippen LogP contribution in [0.25, 0.3) is 0 Å². The second kappa shape index (κ2) is 7.46. The summed E-state index contributed by atoms with van der Waals surface area (Å²) >= 11 is 0. The van der Waals surface area contributed by atoms with Crippen molar-refractivity contribution in [2.75, 3.05) is 14.2 Å². The Bertz CT molecular complexity index is 845. The molecule has 2 fully saturated rings. The van der Waals surface area contributed by atoms with Crippen LogP contribution >= 0.6 is 0 Å². The largest absolute Gasteiger partial charge is 0.544 e. The Balaban J connectivity index is 1.72. The van der Waals surface area contributed by atoms with Gasteiger partial charge in [0.2, 0.25) is 8.32 Å². The van der Waals surface area contributed by atoms with Crippen molar-refractivity contribution in [3.05, 3.63) is 29.3 Å². The Morgan fingerprint density at radius 1 is 1.07 bits per heavy atom. The Labute approximate surface area is 175 Å². The van der Waals surface area contributed by atoms with Crippen LogP contribution in [0.5, 0.6) is 5.75 Å². The van der Waals surface area contributed by atoms with Crippen LogP contribution in [-0.4, -0.2) is 34.0 Å². The van der Waals surface area contributed by atoms with Gasteiger partial charge in [0.05, 0.1) is 11.4 Å². The smallest absolute Gasteiger partial charge is 0.242 e. The van der Waals surface area contributed by atoms with Crippen molar-refractivity contribution in [3.8, 4) is 5.75 Å². The minimum atomic E-state index is -1.66. The van der Waals surface area contributed by atoms with E-state index in [4.69, 9.17) is 14.1 Å². The zero-order valence-corrected chi connectivity index (χ0v) is 19.6. The van der Waals surface area contributed by atoms with Crippen LogP contribution in [0.3, 0.4) is 0 Å². The monoisotopic (exact) mass is 414 g/mol. The highest BCUT2D eigenvalue weighted by Crippen LogP contribution is 2.60. The molecule has 0 aliphatic heterocycles. The van der Waals surface area contributed by atoms with Gasteiger partial charge >= 0.3 is 0 Å². The van der Waals surface area contributed by atoms with Gasteiger partial charge in [-0.25, -0.2) is 0 Å². The van der Waals surface area contributed by atoms with Gasteiger partial charge in [0.15, 0.2) is 0 Å². The van der Waals surface area contributed by atoms with Crippen molar-refractivity contribution in [2.24, 2.45) is 27.6 Å². The van der Waals surface area contributed by atoms with Crippen LogP contribution in [0.1, 0.15) is 56.1 Å². The van der Waals surface area contributed by atoms with E-state index in [2.05, 4.69) is 55.1 Å². The molecule has 158 valence electrons. The van der Waals surface area contributed by atoms with E-state index in [1.165, 1.54) is 36.1 Å². The lowest BCUT2D eigenvalue weighted by atomic mass is 9.55. The summed E-state index contributed by atoms with van der Waals surface area (Å²) in [5.41, 5.74) is 5.09. The van der Waals surface area contributed by atoms with E-state index in [9.17, 15) is 0 Å². The first-order valence-electron chi connectivity index (χ1n) is 10.8. The molecule has 29 heavy (non-hydrogen) atoms. The summed E-state index contributed by atoms with van der Waals surface area (Å²) in [4.78, 5) is 10.4. The Kier molecular flexibility index (Phi) is 5.26. The first-order chi connectivity index (χ1) is 13.8. The highest BCUT2D eigenvalue weighted by atomic mass is 28.4. The summed E-state index contributed by atoms with van der Waals surface area (Å²) in [6.07, 6.45) is 5.55. The van der Waals surface area contributed by atoms with Gasteiger partial charge in [-0.3, -0.25) is 0 Å². The van der Waals surface area contributed by atoms with Gasteiger partial charge in [-0.05, 0) is 87.2 Å². The standard InChI is InChI=1S/C23H34N2O3Si/c1-23-12-11-17-16-8-7-15(28-29(4,5)6)13-19(16)21(24-26-2)14-18(17)20(23)9-10-22(23)25-27-3/h7-8,13,17-18,20H,9-12,14H2,1-6H3/b24-21-,25-22-/t17-,18-,20+,23+/m1/s1. The molecule has 0 spiro atoms.